The van der Waals surface area contributed by atoms with Crippen LogP contribution in [0.2, 0.25) is 0 Å². The molecule has 0 spiro atoms. The van der Waals surface area contributed by atoms with Crippen LogP contribution >= 0.6 is 0 Å². The van der Waals surface area contributed by atoms with Crippen molar-refractivity contribution in [3.63, 3.8) is 0 Å². The molecule has 0 radical (unpaired) electrons. The van der Waals surface area contributed by atoms with Gasteiger partial charge >= 0.3 is 6.09 Å². The molecular formula is C45H45N7O5. The molecule has 8 rings (SSSR count). The highest BCUT2D eigenvalue weighted by atomic mass is 16.5. The number of likely N-dealkylation sites (tertiary alicyclic amines) is 2. The summed E-state index contributed by atoms with van der Waals surface area (Å²) in [6.45, 7) is 3.11. The Morgan fingerprint density at radius 2 is 1.46 bits per heavy atom. The lowest BCUT2D eigenvalue weighted by atomic mass is 9.95. The highest BCUT2D eigenvalue weighted by Gasteiger charge is 2.39. The third-order valence-corrected chi connectivity index (χ3v) is 11.4. The molecule has 5 aromatic rings. The predicted octanol–water partition coefficient (Wildman–Crippen LogP) is 7.24. The number of ether oxygens (including phenoxy) is 1. The Bertz CT molecular complexity index is 2360. The summed E-state index contributed by atoms with van der Waals surface area (Å²) in [6.07, 6.45) is 4.92. The first-order valence-electron chi connectivity index (χ1n) is 19.5. The van der Waals surface area contributed by atoms with Crippen molar-refractivity contribution in [2.75, 3.05) is 25.5 Å². The number of rotatable bonds is 10. The number of amides is 4. The lowest BCUT2D eigenvalue weighted by molar-refractivity contribution is -0.138. The molecule has 4 atom stereocenters. The molecule has 12 heteroatoms. The maximum absolute atomic E-state index is 13.8. The Morgan fingerprint density at radius 3 is 2.19 bits per heavy atom. The van der Waals surface area contributed by atoms with E-state index in [0.717, 1.165) is 63.8 Å². The molecule has 0 saturated carbocycles. The third kappa shape index (κ3) is 7.67. The van der Waals surface area contributed by atoms with Gasteiger partial charge in [0.25, 0.3) is 5.91 Å². The number of alkyl carbamates (subject to hydrolysis) is 1. The van der Waals surface area contributed by atoms with Crippen molar-refractivity contribution in [2.45, 2.75) is 63.1 Å². The SMILES string of the molecule is COC(=O)N[C@@H](C(=O)N1CCC[C@H]1C(=O)Nc1n[nH]c2ccc(-c3ccc(C4=CN=C([C@@H]5CCCN5C(=O)[C@H](C)c5ccccc5)C4)cc3)cc12)c1ccccc1. The molecule has 4 aromatic carbocycles. The molecule has 12 nitrogen and oxygen atoms in total. The lowest BCUT2D eigenvalue weighted by Gasteiger charge is -2.28. The van der Waals surface area contributed by atoms with Crippen molar-refractivity contribution >= 4 is 51.8 Å². The molecule has 3 aliphatic heterocycles. The molecule has 290 valence electrons. The van der Waals surface area contributed by atoms with Gasteiger partial charge in [0.05, 0.1) is 24.6 Å². The minimum atomic E-state index is -1.01. The molecule has 4 amide bonds. The number of hydrogen-bond acceptors (Lipinski definition) is 7. The van der Waals surface area contributed by atoms with E-state index in [2.05, 4.69) is 45.1 Å². The number of anilines is 1. The second-order valence-corrected chi connectivity index (χ2v) is 14.8. The van der Waals surface area contributed by atoms with Crippen LogP contribution in [-0.2, 0) is 19.1 Å². The fraction of sp³-hybridized carbons (Fsp3) is 0.289. The van der Waals surface area contributed by atoms with Gasteiger partial charge in [-0.3, -0.25) is 24.5 Å². The van der Waals surface area contributed by atoms with Crippen molar-refractivity contribution in [3.8, 4) is 11.1 Å². The monoisotopic (exact) mass is 763 g/mol. The van der Waals surface area contributed by atoms with Crippen LogP contribution in [0.15, 0.2) is 114 Å². The molecule has 2 fully saturated rings. The maximum atomic E-state index is 13.8. The number of aromatic nitrogens is 2. The molecule has 4 heterocycles. The average Bonchev–Trinajstić information content (AvgIpc) is 4.10. The Balaban J connectivity index is 0.928. The van der Waals surface area contributed by atoms with Crippen molar-refractivity contribution in [2.24, 2.45) is 4.99 Å². The van der Waals surface area contributed by atoms with Gasteiger partial charge in [-0.1, -0.05) is 91.0 Å². The lowest BCUT2D eigenvalue weighted by Crippen LogP contribution is -2.48. The van der Waals surface area contributed by atoms with Crippen LogP contribution in [0.4, 0.5) is 10.6 Å². The summed E-state index contributed by atoms with van der Waals surface area (Å²) < 4.78 is 4.79. The quantitative estimate of drug-likeness (QED) is 0.137. The first-order chi connectivity index (χ1) is 27.8. The van der Waals surface area contributed by atoms with E-state index in [1.54, 1.807) is 24.3 Å². The van der Waals surface area contributed by atoms with E-state index in [9.17, 15) is 19.2 Å². The Hall–Kier alpha value is -6.56. The number of nitrogens with zero attached hydrogens (tertiary/aromatic N) is 4. The highest BCUT2D eigenvalue weighted by molar-refractivity contribution is 6.05. The van der Waals surface area contributed by atoms with E-state index in [1.807, 2.05) is 72.6 Å². The van der Waals surface area contributed by atoms with Gasteiger partial charge in [0, 0.05) is 36.8 Å². The van der Waals surface area contributed by atoms with Gasteiger partial charge in [-0.05, 0) is 78.1 Å². The van der Waals surface area contributed by atoms with Gasteiger partial charge in [0.1, 0.15) is 12.1 Å². The average molecular weight is 764 g/mol. The smallest absolute Gasteiger partial charge is 0.407 e. The van der Waals surface area contributed by atoms with Gasteiger partial charge in [-0.15, -0.1) is 0 Å². The molecule has 0 bridgehead atoms. The van der Waals surface area contributed by atoms with Gasteiger partial charge in [-0.2, -0.15) is 5.10 Å². The largest absolute Gasteiger partial charge is 0.453 e. The highest BCUT2D eigenvalue weighted by Crippen LogP contribution is 2.34. The number of H-pyrrole nitrogens is 1. The summed E-state index contributed by atoms with van der Waals surface area (Å²) in [4.78, 5) is 61.8. The minimum absolute atomic E-state index is 0.0140. The first-order valence-corrected chi connectivity index (χ1v) is 19.5. The molecule has 3 N–H and O–H groups in total. The van der Waals surface area contributed by atoms with Gasteiger partial charge in [0.2, 0.25) is 11.8 Å². The number of nitrogens with one attached hydrogen (secondary N) is 3. The first kappa shape index (κ1) is 37.4. The Labute approximate surface area is 331 Å². The van der Waals surface area contributed by atoms with E-state index < -0.39 is 18.2 Å². The summed E-state index contributed by atoms with van der Waals surface area (Å²) in [5.74, 6) is -0.414. The van der Waals surface area contributed by atoms with Crippen LogP contribution in [0, 0.1) is 0 Å². The summed E-state index contributed by atoms with van der Waals surface area (Å²) in [6, 6.07) is 31.4. The fourth-order valence-corrected chi connectivity index (χ4v) is 8.28. The third-order valence-electron chi connectivity index (χ3n) is 11.4. The van der Waals surface area contributed by atoms with E-state index >= 15 is 0 Å². The van der Waals surface area contributed by atoms with Crippen LogP contribution in [0.1, 0.15) is 67.7 Å². The van der Waals surface area contributed by atoms with Crippen LogP contribution in [0.5, 0.6) is 0 Å². The number of aromatic amines is 1. The molecule has 2 saturated heterocycles. The number of methoxy groups -OCH3 is 1. The van der Waals surface area contributed by atoms with Gasteiger partial charge in [-0.25, -0.2) is 4.79 Å². The van der Waals surface area contributed by atoms with Crippen LogP contribution < -0.4 is 10.6 Å². The Kier molecular flexibility index (Phi) is 10.7. The second-order valence-electron chi connectivity index (χ2n) is 14.8. The van der Waals surface area contributed by atoms with Crippen LogP contribution in [-0.4, -0.2) is 81.8 Å². The molecule has 0 unspecified atom stereocenters. The zero-order valence-corrected chi connectivity index (χ0v) is 32.0. The molecular weight excluding hydrogens is 719 g/mol. The number of carbonyl (C=O) groups is 4. The summed E-state index contributed by atoms with van der Waals surface area (Å²) in [5.41, 5.74) is 7.57. The molecule has 1 aromatic heterocycles. The molecule has 0 aliphatic carbocycles. The number of hydrogen-bond donors (Lipinski definition) is 3. The van der Waals surface area contributed by atoms with Crippen LogP contribution in [0.25, 0.3) is 27.6 Å². The van der Waals surface area contributed by atoms with Crippen molar-refractivity contribution in [1.82, 2.24) is 25.3 Å². The maximum Gasteiger partial charge on any atom is 0.407 e. The normalized spacial score (nSPS) is 18.8. The van der Waals surface area contributed by atoms with E-state index in [0.29, 0.717) is 37.2 Å². The van der Waals surface area contributed by atoms with E-state index in [-0.39, 0.29) is 29.7 Å². The second kappa shape index (κ2) is 16.3. The van der Waals surface area contributed by atoms with E-state index in [4.69, 9.17) is 9.73 Å². The van der Waals surface area contributed by atoms with Crippen LogP contribution in [0.3, 0.4) is 0 Å². The Morgan fingerprint density at radius 1 is 0.789 bits per heavy atom. The number of carbonyl (C=O) groups excluding carboxylic acids is 4. The summed E-state index contributed by atoms with van der Waals surface area (Å²) in [7, 11) is 1.24. The van der Waals surface area contributed by atoms with E-state index in [1.165, 1.54) is 12.0 Å². The van der Waals surface area contributed by atoms with Crippen molar-refractivity contribution in [3.05, 3.63) is 126 Å². The number of allylic oxidation sites excluding steroid dienone is 1. The van der Waals surface area contributed by atoms with Crippen molar-refractivity contribution in [1.29, 1.82) is 0 Å². The number of fused-ring (bicyclic) bond motifs is 1. The zero-order chi connectivity index (χ0) is 39.5. The molecule has 3 aliphatic rings. The zero-order valence-electron chi connectivity index (χ0n) is 32.0. The van der Waals surface area contributed by atoms with Gasteiger partial charge in [0.15, 0.2) is 5.82 Å². The van der Waals surface area contributed by atoms with Gasteiger partial charge < -0.3 is 25.2 Å². The fourth-order valence-electron chi connectivity index (χ4n) is 8.28. The number of aliphatic imine (C=N–C) groups is 1. The standard InChI is InChI=1S/C45H45N7O5/c1-28(29-11-5-3-6-12-29)43(54)51-23-9-15-38(51)37-26-34(27-46-37)31-19-17-30(18-20-31)33-21-22-36-35(25-33)41(50-49-36)48-42(53)39-16-10-24-52(39)44(55)40(47-45(56)57-2)32-13-7-4-8-14-32/h3-8,11-14,17-22,25,27-28,38-40H,9-10,15-16,23-24,26H2,1-2H3,(H,47,56)(H2,48,49,50,53)/t28-,38+,39+,40-/m1/s1. The summed E-state index contributed by atoms with van der Waals surface area (Å²) in [5, 5.41) is 13.8. The summed E-state index contributed by atoms with van der Waals surface area (Å²) >= 11 is 0. The predicted molar refractivity (Wildman–Crippen MR) is 219 cm³/mol. The number of benzene rings is 4. The molecule has 57 heavy (non-hydrogen) atoms. The topological polar surface area (TPSA) is 149 Å². The van der Waals surface area contributed by atoms with Crippen molar-refractivity contribution < 1.29 is 23.9 Å². The minimum Gasteiger partial charge on any atom is -0.453 e.